The molecule has 3 heterocycles. The molecule has 2 aromatic heterocycles. The number of rotatable bonds is 5. The number of halogens is 1. The number of fused-ring (bicyclic) bond motifs is 1. The first-order valence-electron chi connectivity index (χ1n) is 8.93. The number of pyridine rings is 1. The van der Waals surface area contributed by atoms with Gasteiger partial charge in [0.2, 0.25) is 10.0 Å². The minimum absolute atomic E-state index is 0.0778. The highest BCUT2D eigenvalue weighted by Crippen LogP contribution is 2.34. The van der Waals surface area contributed by atoms with Gasteiger partial charge in [0, 0.05) is 24.0 Å². The molecule has 0 spiro atoms. The Morgan fingerprint density at radius 1 is 1.30 bits per heavy atom. The first-order chi connectivity index (χ1) is 14.4. The molecule has 0 bridgehead atoms. The van der Waals surface area contributed by atoms with Crippen molar-refractivity contribution in [1.82, 2.24) is 14.3 Å². The van der Waals surface area contributed by atoms with Crippen molar-refractivity contribution < 1.29 is 22.3 Å². The van der Waals surface area contributed by atoms with Crippen molar-refractivity contribution >= 4 is 32.4 Å². The van der Waals surface area contributed by atoms with E-state index < -0.39 is 21.7 Å². The van der Waals surface area contributed by atoms with Crippen LogP contribution in [0.2, 0.25) is 0 Å². The van der Waals surface area contributed by atoms with Crippen LogP contribution in [0.3, 0.4) is 0 Å². The highest BCUT2D eigenvalue weighted by Gasteiger charge is 2.33. The lowest BCUT2D eigenvalue weighted by molar-refractivity contribution is 0.102. The molecule has 11 heteroatoms. The van der Waals surface area contributed by atoms with Crippen LogP contribution >= 0.6 is 11.3 Å². The molecule has 0 atom stereocenters. The molecule has 30 heavy (non-hydrogen) atoms. The topological polar surface area (TPSA) is 101 Å². The molecule has 0 saturated carbocycles. The lowest BCUT2D eigenvalue weighted by Gasteiger charge is -2.26. The van der Waals surface area contributed by atoms with E-state index in [2.05, 4.69) is 15.3 Å². The van der Waals surface area contributed by atoms with Gasteiger partial charge >= 0.3 is 0 Å². The summed E-state index contributed by atoms with van der Waals surface area (Å²) in [7, 11) is -2.64. The van der Waals surface area contributed by atoms with Crippen LogP contribution in [0, 0.1) is 5.82 Å². The van der Waals surface area contributed by atoms with E-state index in [-0.39, 0.29) is 29.4 Å². The van der Waals surface area contributed by atoms with Crippen molar-refractivity contribution in [2.24, 2.45) is 0 Å². The van der Waals surface area contributed by atoms with Crippen molar-refractivity contribution in [3.63, 3.8) is 0 Å². The van der Waals surface area contributed by atoms with Gasteiger partial charge in [0.05, 0.1) is 19.3 Å². The molecular formula is C19H17FN4O4S2. The number of aromatic nitrogens is 2. The maximum atomic E-state index is 13.7. The molecule has 4 rings (SSSR count). The van der Waals surface area contributed by atoms with Crippen molar-refractivity contribution in [2.45, 2.75) is 17.9 Å². The van der Waals surface area contributed by atoms with Crippen molar-refractivity contribution in [3.8, 4) is 5.75 Å². The molecule has 1 aromatic carbocycles. The van der Waals surface area contributed by atoms with E-state index in [0.717, 1.165) is 22.7 Å². The number of hydrogen-bond acceptors (Lipinski definition) is 7. The summed E-state index contributed by atoms with van der Waals surface area (Å²) < 4.78 is 46.2. The summed E-state index contributed by atoms with van der Waals surface area (Å²) in [5, 5.41) is 3.07. The van der Waals surface area contributed by atoms with Gasteiger partial charge in [-0.2, -0.15) is 4.31 Å². The second-order valence-electron chi connectivity index (χ2n) is 6.44. The molecule has 0 radical (unpaired) electrons. The third-order valence-corrected chi connectivity index (χ3v) is 7.42. The third-order valence-electron chi connectivity index (χ3n) is 4.56. The summed E-state index contributed by atoms with van der Waals surface area (Å²) in [4.78, 5) is 21.2. The third kappa shape index (κ3) is 3.91. The molecule has 0 fully saturated rings. The van der Waals surface area contributed by atoms with Crippen LogP contribution in [-0.4, -0.2) is 42.3 Å². The monoisotopic (exact) mass is 448 g/mol. The molecule has 8 nitrogen and oxygen atoms in total. The van der Waals surface area contributed by atoms with Crippen molar-refractivity contribution in [2.75, 3.05) is 19.0 Å². The Kier molecular flexibility index (Phi) is 5.50. The zero-order chi connectivity index (χ0) is 21.3. The summed E-state index contributed by atoms with van der Waals surface area (Å²) >= 11 is 1.20. The van der Waals surface area contributed by atoms with E-state index in [1.165, 1.54) is 35.0 Å². The SMILES string of the molecule is COc1ccc(F)cc1S(=O)(=O)N1CCc2nc(NC(=O)c3ccccn3)sc2C1. The number of methoxy groups -OCH3 is 1. The fraction of sp³-hybridized carbons (Fsp3) is 0.211. The zero-order valence-corrected chi connectivity index (χ0v) is 17.5. The Bertz CT molecular complexity index is 1200. The molecule has 0 aliphatic carbocycles. The van der Waals surface area contributed by atoms with E-state index in [1.54, 1.807) is 18.2 Å². The number of benzene rings is 1. The number of carbonyl (C=O) groups excluding carboxylic acids is 1. The summed E-state index contributed by atoms with van der Waals surface area (Å²) in [6.45, 7) is 0.265. The number of hydrogen-bond donors (Lipinski definition) is 1. The first-order valence-corrected chi connectivity index (χ1v) is 11.2. The number of nitrogens with one attached hydrogen (secondary N) is 1. The standard InChI is InChI=1S/C19H17FN4O4S2/c1-28-15-6-5-12(20)10-17(15)30(26,27)24-9-7-13-16(11-24)29-19(22-13)23-18(25)14-4-2-3-8-21-14/h2-6,8,10H,7,9,11H2,1H3,(H,22,23,25). The lowest BCUT2D eigenvalue weighted by Crippen LogP contribution is -2.35. The van der Waals surface area contributed by atoms with Crippen molar-refractivity contribution in [3.05, 3.63) is 64.7 Å². The van der Waals surface area contributed by atoms with Gasteiger partial charge in [0.1, 0.15) is 22.2 Å². The average molecular weight is 449 g/mol. The number of ether oxygens (including phenoxy) is 1. The Balaban J connectivity index is 1.56. The molecule has 3 aromatic rings. The fourth-order valence-electron chi connectivity index (χ4n) is 3.08. The van der Waals surface area contributed by atoms with Crippen LogP contribution in [0.4, 0.5) is 9.52 Å². The summed E-state index contributed by atoms with van der Waals surface area (Å²) in [5.41, 5.74) is 0.988. The highest BCUT2D eigenvalue weighted by atomic mass is 32.2. The molecule has 156 valence electrons. The van der Waals surface area contributed by atoms with Gasteiger partial charge in [-0.25, -0.2) is 17.8 Å². The first kappa shape index (κ1) is 20.4. The van der Waals surface area contributed by atoms with Crippen LogP contribution in [0.15, 0.2) is 47.5 Å². The fourth-order valence-corrected chi connectivity index (χ4v) is 5.76. The normalized spacial score (nSPS) is 14.2. The number of anilines is 1. The van der Waals surface area contributed by atoms with Gasteiger partial charge in [-0.1, -0.05) is 6.07 Å². The number of carbonyl (C=O) groups is 1. The second-order valence-corrected chi connectivity index (χ2v) is 9.43. The predicted octanol–water partition coefficient (Wildman–Crippen LogP) is 2.69. The van der Waals surface area contributed by atoms with Gasteiger partial charge in [-0.05, 0) is 30.3 Å². The number of nitrogens with zero attached hydrogens (tertiary/aromatic N) is 3. The van der Waals surface area contributed by atoms with Crippen LogP contribution < -0.4 is 10.1 Å². The largest absolute Gasteiger partial charge is 0.495 e. The molecule has 1 N–H and O–H groups in total. The maximum absolute atomic E-state index is 13.7. The Morgan fingerprint density at radius 2 is 2.13 bits per heavy atom. The molecule has 0 saturated heterocycles. The van der Waals surface area contributed by atoms with Crippen LogP contribution in [0.5, 0.6) is 5.75 Å². The summed E-state index contributed by atoms with van der Waals surface area (Å²) in [5.74, 6) is -0.977. The maximum Gasteiger partial charge on any atom is 0.276 e. The average Bonchev–Trinajstić information content (AvgIpc) is 3.15. The van der Waals surface area contributed by atoms with E-state index in [4.69, 9.17) is 4.74 Å². The Labute approximate surface area is 176 Å². The van der Waals surface area contributed by atoms with Gasteiger partial charge < -0.3 is 4.74 Å². The molecular weight excluding hydrogens is 431 g/mol. The minimum Gasteiger partial charge on any atom is -0.495 e. The van der Waals surface area contributed by atoms with Gasteiger partial charge in [0.15, 0.2) is 5.13 Å². The number of thiazole rings is 1. The van der Waals surface area contributed by atoms with Crippen LogP contribution in [-0.2, 0) is 23.0 Å². The van der Waals surface area contributed by atoms with E-state index in [1.807, 2.05) is 0 Å². The van der Waals surface area contributed by atoms with Gasteiger partial charge in [-0.3, -0.25) is 15.1 Å². The molecule has 0 unspecified atom stereocenters. The quantitative estimate of drug-likeness (QED) is 0.644. The molecule has 1 aliphatic heterocycles. The van der Waals surface area contributed by atoms with Gasteiger partial charge in [-0.15, -0.1) is 11.3 Å². The summed E-state index contributed by atoms with van der Waals surface area (Å²) in [6.07, 6.45) is 1.90. The Morgan fingerprint density at radius 3 is 2.87 bits per heavy atom. The second kappa shape index (κ2) is 8.09. The zero-order valence-electron chi connectivity index (χ0n) is 15.8. The van der Waals surface area contributed by atoms with Gasteiger partial charge in [0.25, 0.3) is 5.91 Å². The molecule has 1 aliphatic rings. The number of sulfonamides is 1. The highest BCUT2D eigenvalue weighted by molar-refractivity contribution is 7.89. The number of amides is 1. The predicted molar refractivity (Wildman–Crippen MR) is 109 cm³/mol. The minimum atomic E-state index is -3.98. The molecule has 1 amide bonds. The Hall–Kier alpha value is -2.89. The van der Waals surface area contributed by atoms with Crippen molar-refractivity contribution in [1.29, 1.82) is 0 Å². The van der Waals surface area contributed by atoms with E-state index in [9.17, 15) is 17.6 Å². The van der Waals surface area contributed by atoms with Crippen LogP contribution in [0.25, 0.3) is 0 Å². The summed E-state index contributed by atoms with van der Waals surface area (Å²) in [6, 6.07) is 8.39. The lowest BCUT2D eigenvalue weighted by atomic mass is 10.2. The van der Waals surface area contributed by atoms with E-state index >= 15 is 0 Å². The van der Waals surface area contributed by atoms with Crippen LogP contribution in [0.1, 0.15) is 21.1 Å². The smallest absolute Gasteiger partial charge is 0.276 e. The van der Waals surface area contributed by atoms with E-state index in [0.29, 0.717) is 11.6 Å².